The van der Waals surface area contributed by atoms with E-state index in [4.69, 9.17) is 39.4 Å². The van der Waals surface area contributed by atoms with Gasteiger partial charge < -0.3 is 0 Å². The number of halogens is 4. The lowest BCUT2D eigenvalue weighted by atomic mass is 10.4. The van der Waals surface area contributed by atoms with Crippen LogP contribution in [0.4, 0.5) is 0 Å². The Morgan fingerprint density at radius 1 is 1.07 bits per heavy atom. The fourth-order valence-electron chi connectivity index (χ4n) is 0.775. The number of hydrogen-bond acceptors (Lipinski definition) is 2. The lowest BCUT2D eigenvalue weighted by Gasteiger charge is -2.03. The van der Waals surface area contributed by atoms with Gasteiger partial charge in [0.05, 0.1) is 10.0 Å². The van der Waals surface area contributed by atoms with Crippen LogP contribution in [0.3, 0.4) is 0 Å². The second-order valence-electron chi connectivity index (χ2n) is 2.17. The largest absolute Gasteiger partial charge is 0.297 e. The monoisotopic (exact) mass is 296 g/mol. The summed E-state index contributed by atoms with van der Waals surface area (Å²) in [6.07, 6.45) is 0. The minimum atomic E-state index is -4.40. The summed E-state index contributed by atoms with van der Waals surface area (Å²) >= 11 is 16.5. The Labute approximate surface area is 102 Å². The maximum atomic E-state index is 10.7. The predicted octanol–water partition coefficient (Wildman–Crippen LogP) is 3.32. The van der Waals surface area contributed by atoms with Gasteiger partial charge in [0.1, 0.15) is 4.90 Å². The van der Waals surface area contributed by atoms with Gasteiger partial charge in [0.2, 0.25) is 0 Å². The molecule has 1 aromatic carbocycles. The highest BCUT2D eigenvalue weighted by atomic mass is 35.5. The molecule has 0 atom stereocenters. The van der Waals surface area contributed by atoms with Crippen LogP contribution < -0.4 is 0 Å². The maximum Gasteiger partial charge on any atom is 0.297 e. The normalized spacial score (nSPS) is 10.9. The number of hydrogen-bond donors (Lipinski definition) is 1. The zero-order valence-electron chi connectivity index (χ0n) is 6.37. The molecule has 0 aliphatic rings. The molecule has 1 aromatic rings. The molecule has 0 unspecified atom stereocenters. The van der Waals surface area contributed by atoms with Gasteiger partial charge in [-0.1, -0.05) is 34.8 Å². The van der Waals surface area contributed by atoms with Crippen LogP contribution in [0.1, 0.15) is 0 Å². The average Bonchev–Trinajstić information content (AvgIpc) is 1.78. The second-order valence-corrected chi connectivity index (χ2v) is 4.78. The first-order valence-corrected chi connectivity index (χ1v) is 5.52. The highest BCUT2D eigenvalue weighted by Gasteiger charge is 2.19. The Hall–Kier alpha value is 0.290. The molecule has 0 saturated heterocycles. The van der Waals surface area contributed by atoms with Crippen LogP contribution in [-0.4, -0.2) is 13.0 Å². The summed E-state index contributed by atoms with van der Waals surface area (Å²) < 4.78 is 30.2. The van der Waals surface area contributed by atoms with Crippen molar-refractivity contribution in [3.8, 4) is 0 Å². The van der Waals surface area contributed by atoms with E-state index in [0.717, 1.165) is 0 Å². The van der Waals surface area contributed by atoms with Crippen molar-refractivity contribution in [3.63, 3.8) is 0 Å². The van der Waals surface area contributed by atoms with Gasteiger partial charge in [0, 0.05) is 5.02 Å². The van der Waals surface area contributed by atoms with Gasteiger partial charge in [0.15, 0.2) is 0 Å². The quantitative estimate of drug-likeness (QED) is 0.809. The van der Waals surface area contributed by atoms with Gasteiger partial charge in [-0.3, -0.25) is 4.55 Å². The fourth-order valence-corrected chi connectivity index (χ4v) is 2.79. The minimum absolute atomic E-state index is 0. The van der Waals surface area contributed by atoms with Crippen LogP contribution in [0.5, 0.6) is 0 Å². The van der Waals surface area contributed by atoms with E-state index in [1.54, 1.807) is 0 Å². The standard InChI is InChI=1S/C6H3Cl3O3S.ClH/c7-3-1-4(8)6(5(9)2-3)13(10,11)12;/h1-2H,(H,10,11,12);1H. The van der Waals surface area contributed by atoms with E-state index < -0.39 is 15.0 Å². The Bertz CT molecular complexity index is 419. The molecule has 1 N–H and O–H groups in total. The molecule has 8 heteroatoms. The topological polar surface area (TPSA) is 54.4 Å². The highest BCUT2D eigenvalue weighted by molar-refractivity contribution is 7.86. The van der Waals surface area contributed by atoms with Crippen LogP contribution in [0.15, 0.2) is 17.0 Å². The van der Waals surface area contributed by atoms with Gasteiger partial charge in [-0.25, -0.2) is 0 Å². The average molecular weight is 298 g/mol. The van der Waals surface area contributed by atoms with Crippen molar-refractivity contribution in [2.45, 2.75) is 4.90 Å². The molecule has 1 rings (SSSR count). The summed E-state index contributed by atoms with van der Waals surface area (Å²) in [5.41, 5.74) is 0. The number of benzene rings is 1. The molecule has 0 aliphatic heterocycles. The third kappa shape index (κ3) is 3.15. The van der Waals surface area contributed by atoms with E-state index in [1.165, 1.54) is 12.1 Å². The summed E-state index contributed by atoms with van der Waals surface area (Å²) in [6, 6.07) is 2.36. The van der Waals surface area contributed by atoms with E-state index in [0.29, 0.717) is 0 Å². The van der Waals surface area contributed by atoms with Gasteiger partial charge in [-0.2, -0.15) is 8.42 Å². The van der Waals surface area contributed by atoms with Crippen molar-refractivity contribution < 1.29 is 13.0 Å². The van der Waals surface area contributed by atoms with E-state index in [-0.39, 0.29) is 27.5 Å². The van der Waals surface area contributed by atoms with Crippen LogP contribution in [-0.2, 0) is 10.1 Å². The zero-order chi connectivity index (χ0) is 10.2. The first-order valence-electron chi connectivity index (χ1n) is 2.94. The lowest BCUT2D eigenvalue weighted by Crippen LogP contribution is -2.00. The first kappa shape index (κ1) is 14.3. The Kier molecular flexibility index (Phi) is 4.98. The van der Waals surface area contributed by atoms with Crippen molar-refractivity contribution in [3.05, 3.63) is 27.2 Å². The molecular weight excluding hydrogens is 294 g/mol. The summed E-state index contributed by atoms with van der Waals surface area (Å²) in [4.78, 5) is -0.528. The fraction of sp³-hybridized carbons (Fsp3) is 0. The second kappa shape index (κ2) is 4.88. The summed E-state index contributed by atoms with van der Waals surface area (Å²) in [6.45, 7) is 0. The highest BCUT2D eigenvalue weighted by Crippen LogP contribution is 2.32. The zero-order valence-corrected chi connectivity index (χ0v) is 10.3. The third-order valence-corrected chi connectivity index (χ3v) is 3.22. The van der Waals surface area contributed by atoms with E-state index >= 15 is 0 Å². The van der Waals surface area contributed by atoms with Gasteiger partial charge >= 0.3 is 0 Å². The van der Waals surface area contributed by atoms with Gasteiger partial charge in [-0.05, 0) is 12.1 Å². The SMILES string of the molecule is Cl.O=S(=O)(O)c1c(Cl)cc(Cl)cc1Cl. The van der Waals surface area contributed by atoms with Gasteiger partial charge in [-0.15, -0.1) is 12.4 Å². The van der Waals surface area contributed by atoms with E-state index in [2.05, 4.69) is 0 Å². The third-order valence-electron chi connectivity index (χ3n) is 1.22. The Balaban J connectivity index is 0.00000169. The smallest absolute Gasteiger partial charge is 0.282 e. The Morgan fingerprint density at radius 3 is 1.71 bits per heavy atom. The summed E-state index contributed by atoms with van der Waals surface area (Å²) in [5.74, 6) is 0. The molecular formula is C6H4Cl4O3S. The molecule has 0 saturated carbocycles. The van der Waals surface area contributed by atoms with Crippen molar-refractivity contribution in [1.82, 2.24) is 0 Å². The molecule has 0 heterocycles. The molecule has 0 spiro atoms. The van der Waals surface area contributed by atoms with E-state index in [1.807, 2.05) is 0 Å². The molecule has 0 amide bonds. The Morgan fingerprint density at radius 2 is 1.43 bits per heavy atom. The molecule has 0 aromatic heterocycles. The van der Waals surface area contributed by atoms with Crippen molar-refractivity contribution in [2.24, 2.45) is 0 Å². The molecule has 0 aliphatic carbocycles. The van der Waals surface area contributed by atoms with E-state index in [9.17, 15) is 8.42 Å². The predicted molar refractivity (Wildman–Crippen MR) is 58.5 cm³/mol. The minimum Gasteiger partial charge on any atom is -0.282 e. The van der Waals surface area contributed by atoms with Crippen LogP contribution in [0.2, 0.25) is 15.1 Å². The van der Waals surface area contributed by atoms with Crippen molar-refractivity contribution >= 4 is 57.3 Å². The maximum absolute atomic E-state index is 10.7. The van der Waals surface area contributed by atoms with Crippen LogP contribution in [0.25, 0.3) is 0 Å². The van der Waals surface area contributed by atoms with Crippen molar-refractivity contribution in [1.29, 1.82) is 0 Å². The van der Waals surface area contributed by atoms with Crippen molar-refractivity contribution in [2.75, 3.05) is 0 Å². The molecule has 80 valence electrons. The van der Waals surface area contributed by atoms with Gasteiger partial charge in [0.25, 0.3) is 10.1 Å². The molecule has 0 radical (unpaired) electrons. The number of rotatable bonds is 1. The lowest BCUT2D eigenvalue weighted by molar-refractivity contribution is 0.483. The summed E-state index contributed by atoms with van der Waals surface area (Å²) in [7, 11) is -4.40. The first-order chi connectivity index (χ1) is 5.82. The molecule has 0 fully saturated rings. The van der Waals surface area contributed by atoms with Crippen LogP contribution in [0, 0.1) is 0 Å². The summed E-state index contributed by atoms with van der Waals surface area (Å²) in [5, 5.41) is -0.220. The van der Waals surface area contributed by atoms with Crippen LogP contribution >= 0.6 is 47.2 Å². The molecule has 3 nitrogen and oxygen atoms in total. The molecule has 0 bridgehead atoms. The molecule has 14 heavy (non-hydrogen) atoms.